The molecule has 4 heterocycles. The molecule has 0 radical (unpaired) electrons. The topological polar surface area (TPSA) is 374 Å². The molecule has 4 saturated carbocycles. The van der Waals surface area contributed by atoms with E-state index >= 15 is 0 Å². The molecule has 8 aliphatic rings. The Kier molecular flexibility index (Phi) is 46.0. The minimum Gasteiger partial charge on any atom is -0.432 e. The lowest BCUT2D eigenvalue weighted by atomic mass is 9.41. The number of aliphatic hydroxyl groups is 14. The fraction of sp³-hybridized carbons (Fsp3) is 0.950. The van der Waals surface area contributed by atoms with Crippen LogP contribution in [-0.4, -0.2) is 232 Å². The summed E-state index contributed by atoms with van der Waals surface area (Å²) in [5, 5.41) is 147. The first-order valence-corrected chi connectivity index (χ1v) is 23.4. The van der Waals surface area contributed by atoms with Gasteiger partial charge in [-0.3, -0.25) is 4.79 Å². The van der Waals surface area contributed by atoms with E-state index in [1.54, 1.807) is 0 Å². The van der Waals surface area contributed by atoms with Crippen LogP contribution in [0.3, 0.4) is 0 Å². The van der Waals surface area contributed by atoms with Crippen LogP contribution in [-0.2, 0) is 42.7 Å². The third-order valence-corrected chi connectivity index (χ3v) is 17.1. The molecular weight excluding hydrogens is 1090 g/mol. The number of rotatable bonds is 12. The highest BCUT2D eigenvalue weighted by atomic mass is 16.8. The second kappa shape index (κ2) is 38.0. The number of hydrogen-bond acceptors (Lipinski definition) is 23. The maximum atomic E-state index is 14.7. The fourth-order valence-electron chi connectivity index (χ4n) is 13.5. The van der Waals surface area contributed by atoms with Crippen molar-refractivity contribution in [3.63, 3.8) is 0 Å². The lowest BCUT2D eigenvalue weighted by molar-refractivity contribution is -0.369. The molecule has 512 valence electrons. The summed E-state index contributed by atoms with van der Waals surface area (Å²) in [5.74, 6) is -0.897. The maximum absolute atomic E-state index is 14.7. The van der Waals surface area contributed by atoms with Gasteiger partial charge in [-0.1, -0.05) is 139 Å². The third kappa shape index (κ3) is 17.0. The van der Waals surface area contributed by atoms with Crippen LogP contribution in [0.4, 0.5) is 0 Å². The predicted octanol–water partition coefficient (Wildman–Crippen LogP) is 5.06. The summed E-state index contributed by atoms with van der Waals surface area (Å²) in [6.45, 7) is 5.45. The second-order valence-corrected chi connectivity index (χ2v) is 20.8. The van der Waals surface area contributed by atoms with E-state index in [1.165, 1.54) is 0 Å². The molecule has 22 unspecified atom stereocenters. The van der Waals surface area contributed by atoms with Crippen molar-refractivity contribution < 1.29 is 114 Å². The summed E-state index contributed by atoms with van der Waals surface area (Å²) >= 11 is 0. The number of ether oxygens (including phenoxy) is 8. The molecule has 83 heavy (non-hydrogen) atoms. The van der Waals surface area contributed by atoms with Crippen molar-refractivity contribution in [2.24, 2.45) is 28.1 Å². The third-order valence-electron chi connectivity index (χ3n) is 17.1. The van der Waals surface area contributed by atoms with Crippen LogP contribution in [0.25, 0.3) is 0 Å². The first-order chi connectivity index (χ1) is 31.6. The second-order valence-electron chi connectivity index (χ2n) is 20.8. The molecular formula is C60H134O23. The van der Waals surface area contributed by atoms with Gasteiger partial charge >= 0.3 is 5.97 Å². The first kappa shape index (κ1) is 100. The van der Waals surface area contributed by atoms with E-state index in [1.807, 2.05) is 6.92 Å². The van der Waals surface area contributed by atoms with Gasteiger partial charge in [-0.2, -0.15) is 0 Å². The number of carbonyl (C=O) groups is 1. The molecule has 14 N–H and O–H groups in total. The average Bonchev–Trinajstić information content (AvgIpc) is 3.50. The highest BCUT2D eigenvalue weighted by Gasteiger charge is 2.69. The summed E-state index contributed by atoms with van der Waals surface area (Å²) < 4.78 is 47.2. The highest BCUT2D eigenvalue weighted by molar-refractivity contribution is 5.77. The van der Waals surface area contributed by atoms with Gasteiger partial charge in [-0.05, 0) is 86.5 Å². The molecule has 0 aromatic heterocycles. The molecule has 4 aliphatic carbocycles. The molecule has 26 atom stereocenters. The molecule has 2 bridgehead atoms. The van der Waals surface area contributed by atoms with Gasteiger partial charge in [0.1, 0.15) is 91.6 Å². The van der Waals surface area contributed by atoms with Crippen molar-refractivity contribution in [1.82, 2.24) is 0 Å². The van der Waals surface area contributed by atoms with Crippen molar-refractivity contribution in [3.8, 4) is 0 Å². The average molecular weight is 1220 g/mol. The Bertz CT molecular complexity index is 1770. The quantitative estimate of drug-likeness (QED) is 0.0689. The van der Waals surface area contributed by atoms with Gasteiger partial charge in [0.05, 0.1) is 37.4 Å². The lowest BCUT2D eigenvalue weighted by Crippen LogP contribution is -2.66. The van der Waals surface area contributed by atoms with Gasteiger partial charge in [-0.15, -0.1) is 0 Å². The monoisotopic (exact) mass is 1220 g/mol. The number of carbonyl (C=O) groups excluding carboxylic acids is 1. The molecule has 0 amide bonds. The number of aliphatic hydroxyl groups excluding tert-OH is 14. The summed E-state index contributed by atoms with van der Waals surface area (Å²) in [7, 11) is 0. The summed E-state index contributed by atoms with van der Waals surface area (Å²) in [6, 6.07) is 0. The molecule has 4 saturated heterocycles. The Morgan fingerprint density at radius 3 is 1.33 bits per heavy atom. The minimum atomic E-state index is -1.90. The highest BCUT2D eigenvalue weighted by Crippen LogP contribution is 2.73. The van der Waals surface area contributed by atoms with Crippen LogP contribution < -0.4 is 0 Å². The Balaban J connectivity index is -0.000000489. The SMILES string of the molecule is C.C.C.C.C.C.C.C.C.C.C.C.C.C.C.C.C=C1C[C@@]23CCC4[C@](C)(C(=O)OC5OC(CO)C(O)C(O)C5OC5OC(CO)C(O)C(O)C5O)CCC[C@@]4(C)[C@@H]2CCC1(OC1OC(CO)C(O)C(OC2OC(CO)C(O)C(O)C2O)C1O)C3. The van der Waals surface area contributed by atoms with Crippen LogP contribution in [0.15, 0.2) is 12.2 Å². The van der Waals surface area contributed by atoms with Crippen molar-refractivity contribution >= 4 is 5.97 Å². The molecule has 4 aliphatic heterocycles. The number of hydrogen-bond donors (Lipinski definition) is 14. The van der Waals surface area contributed by atoms with Crippen molar-refractivity contribution in [3.05, 3.63) is 12.2 Å². The molecule has 8 rings (SSSR count). The van der Waals surface area contributed by atoms with Gasteiger partial charge in [0, 0.05) is 0 Å². The van der Waals surface area contributed by atoms with E-state index in [0.29, 0.717) is 51.4 Å². The molecule has 23 heteroatoms. The van der Waals surface area contributed by atoms with Crippen molar-refractivity contribution in [2.45, 2.75) is 319 Å². The van der Waals surface area contributed by atoms with E-state index in [-0.39, 0.29) is 136 Å². The largest absolute Gasteiger partial charge is 0.432 e. The van der Waals surface area contributed by atoms with Crippen molar-refractivity contribution in [1.29, 1.82) is 0 Å². The Hall–Kier alpha value is -1.63. The molecule has 0 aromatic carbocycles. The van der Waals surface area contributed by atoms with E-state index in [4.69, 9.17) is 37.9 Å². The molecule has 8 fully saturated rings. The Morgan fingerprint density at radius 2 is 0.867 bits per heavy atom. The van der Waals surface area contributed by atoms with Crippen LogP contribution in [0.1, 0.15) is 190 Å². The number of fused-ring (bicyclic) bond motifs is 3. The zero-order valence-corrected chi connectivity index (χ0v) is 37.5. The zero-order chi connectivity index (χ0) is 48.7. The minimum absolute atomic E-state index is 0. The van der Waals surface area contributed by atoms with Crippen LogP contribution in [0.2, 0.25) is 0 Å². The summed E-state index contributed by atoms with van der Waals surface area (Å²) in [6.07, 6.45) is -28.2. The van der Waals surface area contributed by atoms with E-state index < -0.39 is 172 Å². The first-order valence-electron chi connectivity index (χ1n) is 23.4. The molecule has 23 nitrogen and oxygen atoms in total. The van der Waals surface area contributed by atoms with Gasteiger partial charge in [-0.25, -0.2) is 0 Å². The van der Waals surface area contributed by atoms with Gasteiger partial charge < -0.3 is 109 Å². The van der Waals surface area contributed by atoms with Gasteiger partial charge in [0.15, 0.2) is 25.0 Å². The zero-order valence-electron chi connectivity index (χ0n) is 37.5. The van der Waals surface area contributed by atoms with Crippen LogP contribution in [0.5, 0.6) is 0 Å². The van der Waals surface area contributed by atoms with E-state index in [9.17, 15) is 76.3 Å². The fourth-order valence-corrected chi connectivity index (χ4v) is 13.5. The normalized spacial score (nSPS) is 44.0. The van der Waals surface area contributed by atoms with Crippen molar-refractivity contribution in [2.75, 3.05) is 26.4 Å². The predicted molar refractivity (Wildman–Crippen MR) is 327 cm³/mol. The maximum Gasteiger partial charge on any atom is 0.314 e. The summed E-state index contributed by atoms with van der Waals surface area (Å²) in [5.41, 5.74) is -2.21. The van der Waals surface area contributed by atoms with E-state index in [0.717, 1.165) is 12.0 Å². The molecule has 0 aromatic rings. The Labute approximate surface area is 504 Å². The van der Waals surface area contributed by atoms with Gasteiger partial charge in [0.2, 0.25) is 6.29 Å². The number of esters is 1. The lowest BCUT2D eigenvalue weighted by Gasteiger charge is -2.64. The standard InChI is InChI=1S/C44H70O23.16CH4/c1-17-11-43-9-5-22-41(2,7-4-8-42(22,3)40(59)66-39-35(30(55)26(51)20(14-47)63-39)65-37-32(57)29(54)25(50)19(13-46)61-37)23(43)6-10-44(17,16-43)67-38-33(58)34(27(52)21(15-48)62-38)64-36-31(56)28(53)24(49)18(12-45)60-36;;;;;;;;;;;;;;;;/h18-39,45-58H,1,4-16H2,2-3H3;16*1H4/t18?,19?,20?,21?,22?,23-,24?,25?,26?,27?,28?,29?,30?,31?,32?,33?,34?,35?,36?,37?,38?,39?,41+,42+,43+,44?;;;;;;;;;;;;;;;;/m0................/s1. The van der Waals surface area contributed by atoms with E-state index in [2.05, 4.69) is 13.5 Å². The summed E-state index contributed by atoms with van der Waals surface area (Å²) in [4.78, 5) is 14.7. The Morgan fingerprint density at radius 1 is 0.470 bits per heavy atom. The van der Waals surface area contributed by atoms with Crippen LogP contribution >= 0.6 is 0 Å². The van der Waals surface area contributed by atoms with Gasteiger partial charge in [0.25, 0.3) is 0 Å². The molecule has 1 spiro atoms. The van der Waals surface area contributed by atoms with Crippen LogP contribution in [0, 0.1) is 28.1 Å². The smallest absolute Gasteiger partial charge is 0.314 e.